The quantitative estimate of drug-likeness (QED) is 0.415. The lowest BCUT2D eigenvalue weighted by molar-refractivity contribution is 0.325. The minimum absolute atomic E-state index is 0.0245. The summed E-state index contributed by atoms with van der Waals surface area (Å²) in [5.74, 6) is -2.54. The van der Waals surface area contributed by atoms with Gasteiger partial charge in [0.05, 0.1) is 32.7 Å². The molecule has 0 aliphatic carbocycles. The molecule has 4 rings (SSSR count). The molecule has 0 radical (unpaired) electrons. The molecule has 0 aromatic carbocycles. The molecule has 9 nitrogen and oxygen atoms in total. The van der Waals surface area contributed by atoms with Crippen LogP contribution in [0.4, 0.5) is 8.78 Å². The van der Waals surface area contributed by atoms with Gasteiger partial charge in [-0.25, -0.2) is 22.2 Å². The fourth-order valence-electron chi connectivity index (χ4n) is 3.42. The molecule has 0 aliphatic heterocycles. The van der Waals surface area contributed by atoms with Crippen molar-refractivity contribution in [3.8, 4) is 22.9 Å². The molecule has 0 saturated carbocycles. The van der Waals surface area contributed by atoms with Gasteiger partial charge in [0.1, 0.15) is 15.5 Å². The number of hydrogen-bond acceptors (Lipinski definition) is 7. The molecule has 0 fully saturated rings. The lowest BCUT2D eigenvalue weighted by Crippen LogP contribution is -2.11. The molecular weight excluding hydrogens is 456 g/mol. The zero-order chi connectivity index (χ0) is 23.8. The van der Waals surface area contributed by atoms with Crippen LogP contribution in [0.3, 0.4) is 0 Å². The van der Waals surface area contributed by atoms with E-state index in [0.717, 1.165) is 11.1 Å². The summed E-state index contributed by atoms with van der Waals surface area (Å²) in [4.78, 5) is 11.1. The van der Waals surface area contributed by atoms with Gasteiger partial charge in [-0.05, 0) is 11.6 Å². The number of nitrogens with zero attached hydrogens (tertiary/aromatic N) is 4. The SMILES string of the molecule is COc1nc(OC)c(F)c(Cc2c[nH]c3ncc(-c4cnn(CCS(C)(=O)=O)c4)cc23)c1F. The Hall–Kier alpha value is -3.54. The van der Waals surface area contributed by atoms with Crippen LogP contribution in [0.25, 0.3) is 22.2 Å². The number of methoxy groups -OCH3 is 2. The summed E-state index contributed by atoms with van der Waals surface area (Å²) in [6.45, 7) is 0.230. The summed E-state index contributed by atoms with van der Waals surface area (Å²) in [5.41, 5.74) is 2.37. The Kier molecular flexibility index (Phi) is 6.02. The molecule has 1 N–H and O–H groups in total. The Morgan fingerprint density at radius 1 is 1.09 bits per heavy atom. The topological polar surface area (TPSA) is 112 Å². The fraction of sp³-hybridized carbons (Fsp3) is 0.286. The maximum atomic E-state index is 14.8. The van der Waals surface area contributed by atoms with Crippen molar-refractivity contribution < 1.29 is 26.7 Å². The Morgan fingerprint density at radius 2 is 1.79 bits per heavy atom. The van der Waals surface area contributed by atoms with Gasteiger partial charge in [-0.15, -0.1) is 0 Å². The van der Waals surface area contributed by atoms with Crippen molar-refractivity contribution in [2.24, 2.45) is 0 Å². The molecule has 0 bridgehead atoms. The van der Waals surface area contributed by atoms with Gasteiger partial charge in [0, 0.05) is 53.3 Å². The number of rotatable bonds is 8. The number of aryl methyl sites for hydroxylation is 1. The zero-order valence-corrected chi connectivity index (χ0v) is 18.9. The minimum Gasteiger partial charge on any atom is -0.479 e. The molecule has 4 heterocycles. The first kappa shape index (κ1) is 22.6. The third kappa shape index (κ3) is 4.65. The maximum Gasteiger partial charge on any atom is 0.253 e. The van der Waals surface area contributed by atoms with E-state index in [9.17, 15) is 17.2 Å². The van der Waals surface area contributed by atoms with E-state index in [1.54, 1.807) is 29.5 Å². The second kappa shape index (κ2) is 8.77. The lowest BCUT2D eigenvalue weighted by atomic mass is 10.0. The maximum absolute atomic E-state index is 14.8. The average molecular weight is 477 g/mol. The molecule has 33 heavy (non-hydrogen) atoms. The molecule has 12 heteroatoms. The molecule has 0 spiro atoms. The van der Waals surface area contributed by atoms with Crippen molar-refractivity contribution in [1.29, 1.82) is 0 Å². The molecule has 174 valence electrons. The fourth-order valence-corrected chi connectivity index (χ4v) is 3.94. The summed E-state index contributed by atoms with van der Waals surface area (Å²) < 4.78 is 63.7. The van der Waals surface area contributed by atoms with Gasteiger partial charge in [-0.3, -0.25) is 4.68 Å². The highest BCUT2D eigenvalue weighted by Crippen LogP contribution is 2.32. The van der Waals surface area contributed by atoms with E-state index in [0.29, 0.717) is 16.6 Å². The van der Waals surface area contributed by atoms with Crippen LogP contribution in [-0.2, 0) is 22.8 Å². The Morgan fingerprint density at radius 3 is 2.42 bits per heavy atom. The Labute approximate surface area is 188 Å². The normalized spacial score (nSPS) is 11.8. The molecule has 0 unspecified atom stereocenters. The molecule has 4 aromatic rings. The smallest absolute Gasteiger partial charge is 0.253 e. The van der Waals surface area contributed by atoms with Crippen molar-refractivity contribution in [2.45, 2.75) is 13.0 Å². The number of fused-ring (bicyclic) bond motifs is 1. The lowest BCUT2D eigenvalue weighted by Gasteiger charge is -2.11. The van der Waals surface area contributed by atoms with Gasteiger partial charge < -0.3 is 14.5 Å². The van der Waals surface area contributed by atoms with Crippen LogP contribution in [0.1, 0.15) is 11.1 Å². The largest absolute Gasteiger partial charge is 0.479 e. The van der Waals surface area contributed by atoms with Gasteiger partial charge in [-0.2, -0.15) is 10.1 Å². The predicted molar refractivity (Wildman–Crippen MR) is 117 cm³/mol. The van der Waals surface area contributed by atoms with E-state index in [4.69, 9.17) is 9.47 Å². The Bertz CT molecular complexity index is 1400. The van der Waals surface area contributed by atoms with Crippen molar-refractivity contribution in [3.05, 3.63) is 53.6 Å². The first-order valence-corrected chi connectivity index (χ1v) is 11.9. The van der Waals surface area contributed by atoms with Gasteiger partial charge in [0.25, 0.3) is 11.8 Å². The van der Waals surface area contributed by atoms with Crippen molar-refractivity contribution in [3.63, 3.8) is 0 Å². The first-order chi connectivity index (χ1) is 15.7. The number of pyridine rings is 2. The summed E-state index contributed by atoms with van der Waals surface area (Å²) in [6, 6.07) is 1.83. The number of hydrogen-bond donors (Lipinski definition) is 1. The Balaban J connectivity index is 1.69. The van der Waals surface area contributed by atoms with E-state index in [1.807, 2.05) is 6.07 Å². The number of ether oxygens (including phenoxy) is 2. The van der Waals surface area contributed by atoms with E-state index in [-0.39, 0.29) is 36.0 Å². The van der Waals surface area contributed by atoms with Crippen LogP contribution < -0.4 is 9.47 Å². The average Bonchev–Trinajstić information content (AvgIpc) is 3.42. The standard InChI is InChI=1S/C21H21F2N5O4S/c1-31-20-17(22)16(18(23)21(27-20)32-2)7-13-9-25-19-15(13)6-12(8-24-19)14-10-26-28(11-14)4-5-33(3,29)30/h6,8-11H,4-5,7H2,1-3H3,(H,24,25). The summed E-state index contributed by atoms with van der Waals surface area (Å²) in [7, 11) is -0.631. The summed E-state index contributed by atoms with van der Waals surface area (Å²) in [6.07, 6.45) is 7.68. The first-order valence-electron chi connectivity index (χ1n) is 9.82. The third-order valence-corrected chi connectivity index (χ3v) is 6.06. The van der Waals surface area contributed by atoms with Crippen LogP contribution in [-0.4, -0.2) is 59.4 Å². The molecule has 0 saturated heterocycles. The van der Waals surface area contributed by atoms with Crippen LogP contribution >= 0.6 is 0 Å². The van der Waals surface area contributed by atoms with Crippen molar-refractivity contribution in [1.82, 2.24) is 24.7 Å². The minimum atomic E-state index is -3.11. The third-order valence-electron chi connectivity index (χ3n) is 5.14. The van der Waals surface area contributed by atoms with E-state index >= 15 is 0 Å². The molecule has 0 atom stereocenters. The molecular formula is C21H21F2N5O4S. The number of sulfone groups is 1. The number of halogens is 2. The number of nitrogens with one attached hydrogen (secondary N) is 1. The van der Waals surface area contributed by atoms with E-state index in [2.05, 4.69) is 20.1 Å². The number of aromatic nitrogens is 5. The van der Waals surface area contributed by atoms with Gasteiger partial charge in [0.2, 0.25) is 0 Å². The number of H-pyrrole nitrogens is 1. The highest BCUT2D eigenvalue weighted by molar-refractivity contribution is 7.90. The predicted octanol–water partition coefficient (Wildman–Crippen LogP) is 2.75. The van der Waals surface area contributed by atoms with E-state index < -0.39 is 21.5 Å². The number of aromatic amines is 1. The molecule has 4 aromatic heterocycles. The summed E-state index contributed by atoms with van der Waals surface area (Å²) >= 11 is 0. The van der Waals surface area contributed by atoms with Gasteiger partial charge in [0.15, 0.2) is 11.6 Å². The molecule has 0 amide bonds. The van der Waals surface area contributed by atoms with Crippen LogP contribution in [0.2, 0.25) is 0 Å². The second-order valence-electron chi connectivity index (χ2n) is 7.47. The van der Waals surface area contributed by atoms with Crippen LogP contribution in [0.15, 0.2) is 30.9 Å². The van der Waals surface area contributed by atoms with Crippen LogP contribution in [0, 0.1) is 11.6 Å². The second-order valence-corrected chi connectivity index (χ2v) is 9.73. The van der Waals surface area contributed by atoms with Crippen molar-refractivity contribution in [2.75, 3.05) is 26.2 Å². The van der Waals surface area contributed by atoms with Gasteiger partial charge >= 0.3 is 0 Å². The zero-order valence-electron chi connectivity index (χ0n) is 18.1. The highest BCUT2D eigenvalue weighted by atomic mass is 32.2. The van der Waals surface area contributed by atoms with E-state index in [1.165, 1.54) is 20.5 Å². The molecule has 0 aliphatic rings. The highest BCUT2D eigenvalue weighted by Gasteiger charge is 2.23. The van der Waals surface area contributed by atoms with Crippen LogP contribution in [0.5, 0.6) is 11.8 Å². The van der Waals surface area contributed by atoms with Crippen molar-refractivity contribution >= 4 is 20.9 Å². The summed E-state index contributed by atoms with van der Waals surface area (Å²) in [5, 5.41) is 4.87. The van der Waals surface area contributed by atoms with Gasteiger partial charge in [-0.1, -0.05) is 0 Å². The monoisotopic (exact) mass is 477 g/mol.